The third-order valence-electron chi connectivity index (χ3n) is 3.39. The molecule has 2 aromatic carbocycles. The molecule has 1 atom stereocenters. The molecular formula is C17H21NO2. The van der Waals surface area contributed by atoms with Gasteiger partial charge < -0.3 is 15.2 Å². The lowest BCUT2D eigenvalue weighted by Crippen LogP contribution is -2.13. The van der Waals surface area contributed by atoms with Crippen molar-refractivity contribution in [3.8, 4) is 11.5 Å². The number of ether oxygens (including phenoxy) is 1. The second-order valence-electron chi connectivity index (χ2n) is 4.73. The van der Waals surface area contributed by atoms with Crippen molar-refractivity contribution in [1.82, 2.24) is 5.32 Å². The maximum Gasteiger partial charge on any atom is 0.132 e. The fourth-order valence-electron chi connectivity index (χ4n) is 2.14. The van der Waals surface area contributed by atoms with Crippen LogP contribution >= 0.6 is 0 Å². The molecule has 106 valence electrons. The second kappa shape index (κ2) is 7.08. The Kier molecular flexibility index (Phi) is 5.16. The van der Waals surface area contributed by atoms with Crippen LogP contribution in [0, 0.1) is 0 Å². The number of hydrogen-bond acceptors (Lipinski definition) is 3. The van der Waals surface area contributed by atoms with Gasteiger partial charge in [-0.1, -0.05) is 36.4 Å². The van der Waals surface area contributed by atoms with Crippen molar-refractivity contribution in [2.24, 2.45) is 0 Å². The molecule has 0 aliphatic rings. The van der Waals surface area contributed by atoms with E-state index in [1.54, 1.807) is 0 Å². The first-order chi connectivity index (χ1) is 9.76. The first kappa shape index (κ1) is 14.6. The van der Waals surface area contributed by atoms with Crippen LogP contribution in [0.1, 0.15) is 24.1 Å². The summed E-state index contributed by atoms with van der Waals surface area (Å²) in [5.41, 5.74) is 2.13. The maximum atomic E-state index is 9.13. The monoisotopic (exact) mass is 271 g/mol. The number of hydrogen-bond donors (Lipinski definition) is 2. The first-order valence-corrected chi connectivity index (χ1v) is 6.89. The average Bonchev–Trinajstić information content (AvgIpc) is 2.49. The number of para-hydroxylation sites is 2. The van der Waals surface area contributed by atoms with Gasteiger partial charge in [-0.15, -0.1) is 0 Å². The summed E-state index contributed by atoms with van der Waals surface area (Å²) in [5.74, 6) is 1.65. The number of aliphatic hydroxyl groups excluding tert-OH is 1. The molecule has 0 saturated heterocycles. The van der Waals surface area contributed by atoms with Crippen molar-refractivity contribution in [1.29, 1.82) is 0 Å². The highest BCUT2D eigenvalue weighted by Gasteiger charge is 2.11. The summed E-state index contributed by atoms with van der Waals surface area (Å²) in [7, 11) is 1.93. The molecule has 3 heteroatoms. The Balaban J connectivity index is 2.30. The van der Waals surface area contributed by atoms with Crippen LogP contribution in [-0.4, -0.2) is 18.8 Å². The molecule has 0 radical (unpaired) electrons. The molecule has 2 N–H and O–H groups in total. The van der Waals surface area contributed by atoms with Gasteiger partial charge in [0, 0.05) is 18.2 Å². The Labute approximate surface area is 120 Å². The van der Waals surface area contributed by atoms with Gasteiger partial charge in [-0.05, 0) is 38.1 Å². The SMILES string of the molecule is CNC(C)c1ccccc1Oc1ccccc1CCO. The zero-order chi connectivity index (χ0) is 14.4. The standard InChI is InChI=1S/C17H21NO2/c1-13(18-2)15-8-4-6-10-17(15)20-16-9-5-3-7-14(16)11-12-19/h3-10,13,18-19H,11-12H2,1-2H3. The summed E-state index contributed by atoms with van der Waals surface area (Å²) >= 11 is 0. The molecule has 0 aromatic heterocycles. The van der Waals surface area contributed by atoms with Crippen molar-refractivity contribution in [3.63, 3.8) is 0 Å². The van der Waals surface area contributed by atoms with Crippen molar-refractivity contribution in [2.45, 2.75) is 19.4 Å². The fraction of sp³-hybridized carbons (Fsp3) is 0.294. The van der Waals surface area contributed by atoms with Gasteiger partial charge in [0.2, 0.25) is 0 Å². The molecule has 0 fully saturated rings. The van der Waals surface area contributed by atoms with E-state index in [1.165, 1.54) is 0 Å². The lowest BCUT2D eigenvalue weighted by molar-refractivity contribution is 0.297. The minimum absolute atomic E-state index is 0.120. The van der Waals surface area contributed by atoms with Crippen molar-refractivity contribution >= 4 is 0 Å². The van der Waals surface area contributed by atoms with E-state index in [0.29, 0.717) is 6.42 Å². The average molecular weight is 271 g/mol. The Morgan fingerprint density at radius 2 is 1.70 bits per heavy atom. The summed E-state index contributed by atoms with van der Waals surface area (Å²) in [6.07, 6.45) is 0.597. The Hall–Kier alpha value is -1.84. The van der Waals surface area contributed by atoms with Crippen LogP contribution in [0.25, 0.3) is 0 Å². The molecule has 0 aliphatic heterocycles. The topological polar surface area (TPSA) is 41.5 Å². The van der Waals surface area contributed by atoms with Crippen molar-refractivity contribution < 1.29 is 9.84 Å². The fourth-order valence-corrected chi connectivity index (χ4v) is 2.14. The Morgan fingerprint density at radius 3 is 2.40 bits per heavy atom. The molecule has 0 aliphatic carbocycles. The van der Waals surface area contributed by atoms with Crippen LogP contribution in [0.3, 0.4) is 0 Å². The molecular weight excluding hydrogens is 250 g/mol. The van der Waals surface area contributed by atoms with Gasteiger partial charge in [0.05, 0.1) is 0 Å². The zero-order valence-corrected chi connectivity index (χ0v) is 12.0. The third-order valence-corrected chi connectivity index (χ3v) is 3.39. The van der Waals surface area contributed by atoms with Gasteiger partial charge in [-0.3, -0.25) is 0 Å². The summed E-state index contributed by atoms with van der Waals surface area (Å²) in [5, 5.41) is 12.4. The number of nitrogens with one attached hydrogen (secondary N) is 1. The minimum atomic E-state index is 0.120. The van der Waals surface area contributed by atoms with Crippen LogP contribution in [0.15, 0.2) is 48.5 Å². The van der Waals surface area contributed by atoms with Crippen LogP contribution in [-0.2, 0) is 6.42 Å². The number of rotatable bonds is 6. The van der Waals surface area contributed by atoms with E-state index in [2.05, 4.69) is 18.3 Å². The smallest absolute Gasteiger partial charge is 0.132 e. The van der Waals surface area contributed by atoms with Crippen LogP contribution in [0.5, 0.6) is 11.5 Å². The summed E-state index contributed by atoms with van der Waals surface area (Å²) < 4.78 is 6.07. The second-order valence-corrected chi connectivity index (χ2v) is 4.73. The highest BCUT2D eigenvalue weighted by Crippen LogP contribution is 2.31. The van der Waals surface area contributed by atoms with Gasteiger partial charge in [-0.25, -0.2) is 0 Å². The van der Waals surface area contributed by atoms with Crippen molar-refractivity contribution in [3.05, 3.63) is 59.7 Å². The minimum Gasteiger partial charge on any atom is -0.457 e. The van der Waals surface area contributed by atoms with E-state index < -0.39 is 0 Å². The van der Waals surface area contributed by atoms with E-state index in [9.17, 15) is 0 Å². The molecule has 0 saturated carbocycles. The predicted octanol–water partition coefficient (Wildman–Crippen LogP) is 3.29. The molecule has 2 rings (SSSR count). The maximum absolute atomic E-state index is 9.13. The van der Waals surface area contributed by atoms with Gasteiger partial charge >= 0.3 is 0 Å². The summed E-state index contributed by atoms with van der Waals surface area (Å²) in [6, 6.07) is 16.0. The Morgan fingerprint density at radius 1 is 1.05 bits per heavy atom. The van der Waals surface area contributed by atoms with Crippen molar-refractivity contribution in [2.75, 3.05) is 13.7 Å². The summed E-state index contributed by atoms with van der Waals surface area (Å²) in [6.45, 7) is 2.22. The molecule has 0 amide bonds. The van der Waals surface area contributed by atoms with Gasteiger partial charge in [0.15, 0.2) is 0 Å². The molecule has 0 bridgehead atoms. The van der Waals surface area contributed by atoms with Crippen LogP contribution < -0.4 is 10.1 Å². The largest absolute Gasteiger partial charge is 0.457 e. The molecule has 2 aromatic rings. The zero-order valence-electron chi connectivity index (χ0n) is 12.0. The Bertz CT molecular complexity index is 554. The molecule has 20 heavy (non-hydrogen) atoms. The summed E-state index contributed by atoms with van der Waals surface area (Å²) in [4.78, 5) is 0. The van der Waals surface area contributed by atoms with Crippen LogP contribution in [0.2, 0.25) is 0 Å². The van der Waals surface area contributed by atoms with E-state index in [4.69, 9.17) is 9.84 Å². The highest BCUT2D eigenvalue weighted by atomic mass is 16.5. The first-order valence-electron chi connectivity index (χ1n) is 6.89. The molecule has 3 nitrogen and oxygen atoms in total. The molecule has 0 spiro atoms. The van der Waals surface area contributed by atoms with Crippen LogP contribution in [0.4, 0.5) is 0 Å². The lowest BCUT2D eigenvalue weighted by Gasteiger charge is -2.17. The number of aliphatic hydroxyl groups is 1. The van der Waals surface area contributed by atoms with E-state index in [0.717, 1.165) is 22.6 Å². The normalized spacial score (nSPS) is 12.2. The van der Waals surface area contributed by atoms with Gasteiger partial charge in [-0.2, -0.15) is 0 Å². The van der Waals surface area contributed by atoms with Gasteiger partial charge in [0.25, 0.3) is 0 Å². The van der Waals surface area contributed by atoms with Gasteiger partial charge in [0.1, 0.15) is 11.5 Å². The quantitative estimate of drug-likeness (QED) is 0.847. The van der Waals surface area contributed by atoms with E-state index in [-0.39, 0.29) is 12.6 Å². The number of benzene rings is 2. The predicted molar refractivity (Wildman–Crippen MR) is 81.2 cm³/mol. The lowest BCUT2D eigenvalue weighted by atomic mass is 10.1. The van der Waals surface area contributed by atoms with E-state index >= 15 is 0 Å². The van der Waals surface area contributed by atoms with E-state index in [1.807, 2.05) is 49.5 Å². The molecule has 1 unspecified atom stereocenters. The third kappa shape index (κ3) is 3.38. The molecule has 0 heterocycles. The highest BCUT2D eigenvalue weighted by molar-refractivity contribution is 5.42.